The molecule has 0 bridgehead atoms. The quantitative estimate of drug-likeness (QED) is 0.830. The molecule has 0 aromatic carbocycles. The van der Waals surface area contributed by atoms with Crippen molar-refractivity contribution in [1.29, 1.82) is 0 Å². The standard InChI is InChI=1S/C12H18N6/c1-17-6-2-3-9(8-17)10-4-5-11-14-15-12(7-13)18(11)16-10/h4-5,9H,2-3,6-8,13H2,1H3. The normalized spacial score (nSPS) is 21.6. The van der Waals surface area contributed by atoms with Crippen LogP contribution in [-0.4, -0.2) is 44.8 Å². The Labute approximate surface area is 106 Å². The van der Waals surface area contributed by atoms with Crippen molar-refractivity contribution in [3.05, 3.63) is 23.7 Å². The van der Waals surface area contributed by atoms with Crippen LogP contribution in [0.2, 0.25) is 0 Å². The molecule has 0 aliphatic carbocycles. The van der Waals surface area contributed by atoms with Gasteiger partial charge in [-0.3, -0.25) is 0 Å². The Morgan fingerprint density at radius 1 is 1.39 bits per heavy atom. The summed E-state index contributed by atoms with van der Waals surface area (Å²) in [5.74, 6) is 1.22. The maximum atomic E-state index is 5.64. The van der Waals surface area contributed by atoms with Crippen LogP contribution in [0.4, 0.5) is 0 Å². The first-order valence-corrected chi connectivity index (χ1v) is 6.38. The molecular weight excluding hydrogens is 228 g/mol. The molecule has 1 saturated heterocycles. The predicted octanol–water partition coefficient (Wildman–Crippen LogP) is 0.392. The van der Waals surface area contributed by atoms with Gasteiger partial charge in [-0.05, 0) is 38.6 Å². The summed E-state index contributed by atoms with van der Waals surface area (Å²) in [4.78, 5) is 2.36. The van der Waals surface area contributed by atoms with Gasteiger partial charge in [0, 0.05) is 12.5 Å². The molecular formula is C12H18N6. The number of rotatable bonds is 2. The van der Waals surface area contributed by atoms with Gasteiger partial charge in [0.1, 0.15) is 0 Å². The molecule has 0 amide bonds. The van der Waals surface area contributed by atoms with Crippen molar-refractivity contribution in [2.24, 2.45) is 5.73 Å². The zero-order chi connectivity index (χ0) is 12.5. The maximum absolute atomic E-state index is 5.64. The highest BCUT2D eigenvalue weighted by molar-refractivity contribution is 5.36. The zero-order valence-electron chi connectivity index (χ0n) is 10.6. The number of nitrogens with two attached hydrogens (primary N) is 1. The van der Waals surface area contributed by atoms with Crippen LogP contribution in [0.1, 0.15) is 30.3 Å². The summed E-state index contributed by atoms with van der Waals surface area (Å²) in [6.07, 6.45) is 2.43. The molecule has 0 saturated carbocycles. The van der Waals surface area contributed by atoms with E-state index in [4.69, 9.17) is 5.73 Å². The lowest BCUT2D eigenvalue weighted by Crippen LogP contribution is -2.31. The van der Waals surface area contributed by atoms with Crippen LogP contribution in [0.25, 0.3) is 5.65 Å². The summed E-state index contributed by atoms with van der Waals surface area (Å²) in [6, 6.07) is 4.04. The lowest BCUT2D eigenvalue weighted by molar-refractivity contribution is 0.247. The number of piperidine rings is 1. The van der Waals surface area contributed by atoms with Crippen LogP contribution in [0.3, 0.4) is 0 Å². The van der Waals surface area contributed by atoms with Crippen molar-refractivity contribution in [3.63, 3.8) is 0 Å². The second-order valence-electron chi connectivity index (χ2n) is 4.95. The van der Waals surface area contributed by atoms with E-state index in [-0.39, 0.29) is 0 Å². The first-order valence-electron chi connectivity index (χ1n) is 6.38. The number of hydrogen-bond acceptors (Lipinski definition) is 5. The Hall–Kier alpha value is -1.53. The van der Waals surface area contributed by atoms with Gasteiger partial charge in [-0.15, -0.1) is 10.2 Å². The topological polar surface area (TPSA) is 72.3 Å². The van der Waals surface area contributed by atoms with Crippen LogP contribution in [0.15, 0.2) is 12.1 Å². The number of aromatic nitrogens is 4. The molecule has 6 nitrogen and oxygen atoms in total. The van der Waals surface area contributed by atoms with Gasteiger partial charge in [-0.1, -0.05) is 0 Å². The molecule has 18 heavy (non-hydrogen) atoms. The van der Waals surface area contributed by atoms with Crippen LogP contribution in [0, 0.1) is 0 Å². The Kier molecular flexibility index (Phi) is 2.97. The molecule has 2 aromatic rings. The van der Waals surface area contributed by atoms with Crippen molar-refractivity contribution in [1.82, 2.24) is 24.7 Å². The van der Waals surface area contributed by atoms with Crippen molar-refractivity contribution in [2.45, 2.75) is 25.3 Å². The molecule has 0 spiro atoms. The monoisotopic (exact) mass is 246 g/mol. The number of nitrogens with zero attached hydrogens (tertiary/aromatic N) is 5. The molecule has 1 fully saturated rings. The Morgan fingerprint density at radius 2 is 2.28 bits per heavy atom. The molecule has 1 unspecified atom stereocenters. The second-order valence-corrected chi connectivity index (χ2v) is 4.95. The van der Waals surface area contributed by atoms with Crippen molar-refractivity contribution >= 4 is 5.65 Å². The average molecular weight is 246 g/mol. The molecule has 1 atom stereocenters. The average Bonchev–Trinajstić information content (AvgIpc) is 2.80. The Morgan fingerprint density at radius 3 is 3.06 bits per heavy atom. The minimum atomic E-state index is 0.363. The summed E-state index contributed by atoms with van der Waals surface area (Å²) in [6.45, 7) is 2.61. The van der Waals surface area contributed by atoms with Gasteiger partial charge < -0.3 is 10.6 Å². The van der Waals surface area contributed by atoms with Crippen molar-refractivity contribution in [3.8, 4) is 0 Å². The minimum Gasteiger partial charge on any atom is -0.324 e. The highest BCUT2D eigenvalue weighted by Gasteiger charge is 2.20. The molecule has 6 heteroatoms. The minimum absolute atomic E-state index is 0.363. The first-order chi connectivity index (χ1) is 8.78. The van der Waals surface area contributed by atoms with Gasteiger partial charge in [0.05, 0.1) is 12.2 Å². The lowest BCUT2D eigenvalue weighted by atomic mass is 9.95. The molecule has 3 heterocycles. The third kappa shape index (κ3) is 1.97. The smallest absolute Gasteiger partial charge is 0.177 e. The summed E-state index contributed by atoms with van der Waals surface area (Å²) in [5.41, 5.74) is 7.52. The van der Waals surface area contributed by atoms with Gasteiger partial charge >= 0.3 is 0 Å². The SMILES string of the molecule is CN1CCCC(c2ccc3nnc(CN)n3n2)C1. The second kappa shape index (κ2) is 4.62. The largest absolute Gasteiger partial charge is 0.324 e. The van der Waals surface area contributed by atoms with Crippen LogP contribution in [-0.2, 0) is 6.54 Å². The van der Waals surface area contributed by atoms with Crippen LogP contribution in [0.5, 0.6) is 0 Å². The molecule has 0 radical (unpaired) electrons. The fraction of sp³-hybridized carbons (Fsp3) is 0.583. The molecule has 2 N–H and O–H groups in total. The van der Waals surface area contributed by atoms with E-state index in [1.54, 1.807) is 4.52 Å². The van der Waals surface area contributed by atoms with Gasteiger partial charge in [0.15, 0.2) is 11.5 Å². The van der Waals surface area contributed by atoms with Gasteiger partial charge in [-0.2, -0.15) is 9.61 Å². The highest BCUT2D eigenvalue weighted by atomic mass is 15.4. The third-order valence-corrected chi connectivity index (χ3v) is 3.57. The summed E-state index contributed by atoms with van der Waals surface area (Å²) < 4.78 is 1.77. The van der Waals surface area contributed by atoms with E-state index < -0.39 is 0 Å². The Balaban J connectivity index is 1.96. The third-order valence-electron chi connectivity index (χ3n) is 3.57. The fourth-order valence-electron chi connectivity index (χ4n) is 2.60. The van der Waals surface area contributed by atoms with E-state index in [0.29, 0.717) is 12.5 Å². The number of hydrogen-bond donors (Lipinski definition) is 1. The summed E-state index contributed by atoms with van der Waals surface area (Å²) in [7, 11) is 2.16. The maximum Gasteiger partial charge on any atom is 0.177 e. The number of likely N-dealkylation sites (N-methyl/N-ethyl adjacent to an activating group) is 1. The predicted molar refractivity (Wildman–Crippen MR) is 68.1 cm³/mol. The van der Waals surface area contributed by atoms with Crippen LogP contribution < -0.4 is 5.73 Å². The van der Waals surface area contributed by atoms with Crippen LogP contribution >= 0.6 is 0 Å². The zero-order valence-corrected chi connectivity index (χ0v) is 10.6. The number of fused-ring (bicyclic) bond motifs is 1. The van der Waals surface area contributed by atoms with E-state index in [1.165, 1.54) is 19.4 Å². The fourth-order valence-corrected chi connectivity index (χ4v) is 2.60. The highest BCUT2D eigenvalue weighted by Crippen LogP contribution is 2.24. The van der Waals surface area contributed by atoms with Crippen molar-refractivity contribution < 1.29 is 0 Å². The lowest BCUT2D eigenvalue weighted by Gasteiger charge is -2.29. The van der Waals surface area contributed by atoms with Gasteiger partial charge in [-0.25, -0.2) is 0 Å². The summed E-state index contributed by atoms with van der Waals surface area (Å²) >= 11 is 0. The van der Waals surface area contributed by atoms with Gasteiger partial charge in [0.25, 0.3) is 0 Å². The first kappa shape index (κ1) is 11.6. The van der Waals surface area contributed by atoms with E-state index in [0.717, 1.165) is 23.7 Å². The Bertz CT molecular complexity index is 548. The van der Waals surface area contributed by atoms with E-state index in [2.05, 4.69) is 33.3 Å². The summed E-state index contributed by atoms with van der Waals surface area (Å²) in [5, 5.41) is 12.7. The van der Waals surface area contributed by atoms with E-state index in [1.807, 2.05) is 6.07 Å². The molecule has 1 aliphatic heterocycles. The van der Waals surface area contributed by atoms with Crippen molar-refractivity contribution in [2.75, 3.05) is 20.1 Å². The van der Waals surface area contributed by atoms with E-state index >= 15 is 0 Å². The molecule has 1 aliphatic rings. The molecule has 96 valence electrons. The van der Waals surface area contributed by atoms with Gasteiger partial charge in [0.2, 0.25) is 0 Å². The molecule has 2 aromatic heterocycles. The molecule has 3 rings (SSSR count). The number of likely N-dealkylation sites (tertiary alicyclic amines) is 1. The van der Waals surface area contributed by atoms with E-state index in [9.17, 15) is 0 Å².